The first-order valence-electron chi connectivity index (χ1n) is 8.84. The minimum atomic E-state index is -0.223. The first-order valence-corrected chi connectivity index (χ1v) is 10.2. The normalized spacial score (nSPS) is 11.0. The van der Waals surface area contributed by atoms with Crippen LogP contribution in [0.1, 0.15) is 13.8 Å². The Morgan fingerprint density at radius 2 is 1.89 bits per heavy atom. The first-order chi connectivity index (χ1) is 13.4. The van der Waals surface area contributed by atoms with Gasteiger partial charge in [-0.25, -0.2) is 0 Å². The van der Waals surface area contributed by atoms with Crippen LogP contribution < -0.4 is 5.32 Å². The van der Waals surface area contributed by atoms with E-state index in [2.05, 4.69) is 29.4 Å². The van der Waals surface area contributed by atoms with Crippen LogP contribution in [0.4, 0.5) is 5.69 Å². The number of benzene rings is 2. The minimum absolute atomic E-state index is 0.0360. The van der Waals surface area contributed by atoms with Crippen LogP contribution in [0.5, 0.6) is 5.75 Å². The van der Waals surface area contributed by atoms with E-state index in [0.29, 0.717) is 21.8 Å². The van der Waals surface area contributed by atoms with Crippen LogP contribution in [0.25, 0.3) is 11.4 Å². The Morgan fingerprint density at radius 1 is 1.18 bits per heavy atom. The maximum Gasteiger partial charge on any atom is 0.234 e. The molecule has 0 atom stereocenters. The summed E-state index contributed by atoms with van der Waals surface area (Å²) in [6, 6.07) is 14.1. The summed E-state index contributed by atoms with van der Waals surface area (Å²) < 4.78 is 2.02. The lowest BCUT2D eigenvalue weighted by molar-refractivity contribution is -0.113. The highest BCUT2D eigenvalue weighted by Gasteiger charge is 2.17. The Kier molecular flexibility index (Phi) is 6.59. The molecule has 2 aromatic carbocycles. The monoisotopic (exact) mass is 416 g/mol. The highest BCUT2D eigenvalue weighted by atomic mass is 35.5. The molecule has 0 spiro atoms. The van der Waals surface area contributed by atoms with Crippen molar-refractivity contribution in [3.05, 3.63) is 53.6 Å². The smallest absolute Gasteiger partial charge is 0.234 e. The van der Waals surface area contributed by atoms with E-state index in [-0.39, 0.29) is 17.4 Å². The Balaban J connectivity index is 1.75. The van der Waals surface area contributed by atoms with Crippen molar-refractivity contribution in [2.75, 3.05) is 11.1 Å². The average Bonchev–Trinajstić information content (AvgIpc) is 3.04. The lowest BCUT2D eigenvalue weighted by Crippen LogP contribution is -2.15. The standard InChI is InChI=1S/C20H21ClN4O2S/c1-13(2)11-25-19(14-7-9-15(21)10-8-14)23-24-20(25)28-12-18(27)22-16-5-3-4-6-17(16)26/h3-10,13,26H,11-12H2,1-2H3,(H,22,27). The summed E-state index contributed by atoms with van der Waals surface area (Å²) in [6.07, 6.45) is 0. The van der Waals surface area contributed by atoms with Crippen molar-refractivity contribution in [1.29, 1.82) is 0 Å². The third-order valence-electron chi connectivity index (χ3n) is 3.88. The van der Waals surface area contributed by atoms with E-state index < -0.39 is 0 Å². The third kappa shape index (κ3) is 5.05. The number of thioether (sulfide) groups is 1. The van der Waals surface area contributed by atoms with Crippen molar-refractivity contribution in [3.8, 4) is 17.1 Å². The van der Waals surface area contributed by atoms with Gasteiger partial charge in [0.15, 0.2) is 11.0 Å². The molecular weight excluding hydrogens is 396 g/mol. The summed E-state index contributed by atoms with van der Waals surface area (Å²) in [4.78, 5) is 12.3. The van der Waals surface area contributed by atoms with E-state index >= 15 is 0 Å². The number of phenols is 1. The average molecular weight is 417 g/mol. The van der Waals surface area contributed by atoms with Crippen molar-refractivity contribution >= 4 is 35.0 Å². The molecule has 3 aromatic rings. The van der Waals surface area contributed by atoms with Gasteiger partial charge in [-0.3, -0.25) is 4.79 Å². The van der Waals surface area contributed by atoms with Gasteiger partial charge in [0.1, 0.15) is 5.75 Å². The zero-order valence-corrected chi connectivity index (χ0v) is 17.2. The van der Waals surface area contributed by atoms with Crippen LogP contribution in [0, 0.1) is 5.92 Å². The van der Waals surface area contributed by atoms with E-state index in [4.69, 9.17) is 11.6 Å². The Bertz CT molecular complexity index is 957. The maximum absolute atomic E-state index is 12.3. The largest absolute Gasteiger partial charge is 0.506 e. The molecule has 0 radical (unpaired) electrons. The van der Waals surface area contributed by atoms with Crippen LogP contribution >= 0.6 is 23.4 Å². The number of halogens is 1. The Morgan fingerprint density at radius 3 is 2.57 bits per heavy atom. The summed E-state index contributed by atoms with van der Waals surface area (Å²) in [5.74, 6) is 1.10. The second-order valence-electron chi connectivity index (χ2n) is 6.67. The number of para-hydroxylation sites is 2. The van der Waals surface area contributed by atoms with Crippen LogP contribution in [0.2, 0.25) is 5.02 Å². The van der Waals surface area contributed by atoms with Gasteiger partial charge in [-0.15, -0.1) is 10.2 Å². The molecule has 8 heteroatoms. The number of rotatable bonds is 7. The quantitative estimate of drug-likeness (QED) is 0.431. The molecule has 0 aliphatic carbocycles. The number of carbonyl (C=O) groups excluding carboxylic acids is 1. The number of hydrogen-bond donors (Lipinski definition) is 2. The number of nitrogens with zero attached hydrogens (tertiary/aromatic N) is 3. The van der Waals surface area contributed by atoms with Gasteiger partial charge in [0.25, 0.3) is 0 Å². The molecule has 0 unspecified atom stereocenters. The molecule has 1 heterocycles. The molecule has 146 valence electrons. The molecule has 2 N–H and O–H groups in total. The topological polar surface area (TPSA) is 80.0 Å². The van der Waals surface area contributed by atoms with Gasteiger partial charge >= 0.3 is 0 Å². The summed E-state index contributed by atoms with van der Waals surface area (Å²) in [7, 11) is 0. The van der Waals surface area contributed by atoms with Crippen molar-refractivity contribution < 1.29 is 9.90 Å². The van der Waals surface area contributed by atoms with Gasteiger partial charge < -0.3 is 15.0 Å². The Labute approximate surface area is 172 Å². The van der Waals surface area contributed by atoms with Gasteiger partial charge in [-0.1, -0.05) is 49.3 Å². The number of phenolic OH excluding ortho intramolecular Hbond substituents is 1. The van der Waals surface area contributed by atoms with Gasteiger partial charge in [-0.2, -0.15) is 0 Å². The van der Waals surface area contributed by atoms with Crippen LogP contribution in [0.3, 0.4) is 0 Å². The van der Waals surface area contributed by atoms with E-state index in [1.807, 2.05) is 28.8 Å². The lowest BCUT2D eigenvalue weighted by atomic mass is 10.2. The number of amides is 1. The number of aromatic nitrogens is 3. The molecular formula is C20H21ClN4O2S. The number of anilines is 1. The summed E-state index contributed by atoms with van der Waals surface area (Å²) in [5.41, 5.74) is 1.31. The zero-order chi connectivity index (χ0) is 20.1. The molecule has 1 amide bonds. The minimum Gasteiger partial charge on any atom is -0.506 e. The number of nitrogens with one attached hydrogen (secondary N) is 1. The van der Waals surface area contributed by atoms with Crippen LogP contribution in [-0.4, -0.2) is 31.5 Å². The molecule has 0 bridgehead atoms. The molecule has 1 aromatic heterocycles. The predicted octanol–water partition coefficient (Wildman–Crippen LogP) is 4.69. The highest BCUT2D eigenvalue weighted by molar-refractivity contribution is 7.99. The molecule has 0 saturated heterocycles. The Hall–Kier alpha value is -2.51. The molecule has 0 aliphatic rings. The third-order valence-corrected chi connectivity index (χ3v) is 5.10. The number of aromatic hydroxyl groups is 1. The molecule has 28 heavy (non-hydrogen) atoms. The number of hydrogen-bond acceptors (Lipinski definition) is 5. The first kappa shape index (κ1) is 20.2. The van der Waals surface area contributed by atoms with Gasteiger partial charge in [0.2, 0.25) is 5.91 Å². The van der Waals surface area contributed by atoms with E-state index in [1.165, 1.54) is 17.8 Å². The summed E-state index contributed by atoms with van der Waals surface area (Å²) >= 11 is 7.29. The molecule has 6 nitrogen and oxygen atoms in total. The molecule has 3 rings (SSSR count). The second kappa shape index (κ2) is 9.12. The highest BCUT2D eigenvalue weighted by Crippen LogP contribution is 2.27. The fraction of sp³-hybridized carbons (Fsp3) is 0.250. The summed E-state index contributed by atoms with van der Waals surface area (Å²) in [6.45, 7) is 4.96. The van der Waals surface area contributed by atoms with Crippen molar-refractivity contribution in [3.63, 3.8) is 0 Å². The van der Waals surface area contributed by atoms with Gasteiger partial charge in [0, 0.05) is 17.1 Å². The molecule has 0 fully saturated rings. The second-order valence-corrected chi connectivity index (χ2v) is 8.05. The van der Waals surface area contributed by atoms with Crippen molar-refractivity contribution in [2.45, 2.75) is 25.5 Å². The van der Waals surface area contributed by atoms with E-state index in [0.717, 1.165) is 17.9 Å². The molecule has 0 saturated carbocycles. The van der Waals surface area contributed by atoms with E-state index in [9.17, 15) is 9.90 Å². The van der Waals surface area contributed by atoms with Gasteiger partial charge in [-0.05, 0) is 42.3 Å². The predicted molar refractivity (Wildman–Crippen MR) is 113 cm³/mol. The zero-order valence-electron chi connectivity index (χ0n) is 15.6. The summed E-state index contributed by atoms with van der Waals surface area (Å²) in [5, 5.41) is 22.4. The van der Waals surface area contributed by atoms with Crippen molar-refractivity contribution in [1.82, 2.24) is 14.8 Å². The van der Waals surface area contributed by atoms with Gasteiger partial charge in [0.05, 0.1) is 11.4 Å². The van der Waals surface area contributed by atoms with Crippen LogP contribution in [0.15, 0.2) is 53.7 Å². The maximum atomic E-state index is 12.3. The fourth-order valence-electron chi connectivity index (χ4n) is 2.63. The molecule has 0 aliphatic heterocycles. The van der Waals surface area contributed by atoms with E-state index in [1.54, 1.807) is 18.2 Å². The number of carbonyl (C=O) groups is 1. The van der Waals surface area contributed by atoms with Crippen molar-refractivity contribution in [2.24, 2.45) is 5.92 Å². The lowest BCUT2D eigenvalue weighted by Gasteiger charge is -2.12. The van der Waals surface area contributed by atoms with Crippen LogP contribution in [-0.2, 0) is 11.3 Å². The SMILES string of the molecule is CC(C)Cn1c(SCC(=O)Nc2ccccc2O)nnc1-c1ccc(Cl)cc1. The fourth-order valence-corrected chi connectivity index (χ4v) is 3.51.